The van der Waals surface area contributed by atoms with Crippen molar-refractivity contribution in [3.8, 4) is 0 Å². The molecule has 0 radical (unpaired) electrons. The average Bonchev–Trinajstić information content (AvgIpc) is 2.16. The molecule has 0 spiro atoms. The molecule has 0 aromatic rings. The Morgan fingerprint density at radius 3 is 1.92 bits per heavy atom. The van der Waals surface area contributed by atoms with Gasteiger partial charge in [-0.15, -0.1) is 0 Å². The molecule has 0 bridgehead atoms. The van der Waals surface area contributed by atoms with E-state index in [0.29, 0.717) is 6.61 Å². The maximum Gasteiger partial charge on any atom is 0.0433 e. The molecular weight excluding hydrogens is 160 g/mol. The fraction of sp³-hybridized carbons (Fsp3) is 0.667. The van der Waals surface area contributed by atoms with E-state index in [1.165, 1.54) is 12.8 Å². The standard InChI is InChI=1S/C12H22O/c1-2-3-4-5-6-7-8-9-10-11-12-13/h4-5,8-9,13H,2-3,6-7,10-12H2,1H3/b5-4+,9-8-. The van der Waals surface area contributed by atoms with Crippen LogP contribution in [0.3, 0.4) is 0 Å². The van der Waals surface area contributed by atoms with E-state index in [9.17, 15) is 0 Å². The Balaban J connectivity index is 3.10. The van der Waals surface area contributed by atoms with Crippen LogP contribution < -0.4 is 0 Å². The molecule has 0 aliphatic carbocycles. The van der Waals surface area contributed by atoms with Crippen LogP contribution in [0.25, 0.3) is 0 Å². The molecule has 0 fully saturated rings. The van der Waals surface area contributed by atoms with Gasteiger partial charge in [0.15, 0.2) is 0 Å². The van der Waals surface area contributed by atoms with Crippen molar-refractivity contribution in [2.75, 3.05) is 6.61 Å². The highest BCUT2D eigenvalue weighted by Crippen LogP contribution is 1.98. The number of hydrogen-bond donors (Lipinski definition) is 1. The van der Waals surface area contributed by atoms with E-state index in [1.54, 1.807) is 0 Å². The first-order valence-electron chi connectivity index (χ1n) is 5.32. The lowest BCUT2D eigenvalue weighted by Crippen LogP contribution is -1.78. The number of aliphatic hydroxyl groups excluding tert-OH is 1. The van der Waals surface area contributed by atoms with Crippen molar-refractivity contribution in [2.24, 2.45) is 0 Å². The monoisotopic (exact) mass is 182 g/mol. The highest BCUT2D eigenvalue weighted by Gasteiger charge is 1.79. The number of allylic oxidation sites excluding steroid dienone is 4. The summed E-state index contributed by atoms with van der Waals surface area (Å²) < 4.78 is 0. The molecule has 0 rings (SSSR count). The summed E-state index contributed by atoms with van der Waals surface area (Å²) in [5.41, 5.74) is 0. The van der Waals surface area contributed by atoms with Crippen molar-refractivity contribution >= 4 is 0 Å². The van der Waals surface area contributed by atoms with Crippen LogP contribution in [0.5, 0.6) is 0 Å². The molecule has 0 aliphatic rings. The van der Waals surface area contributed by atoms with E-state index in [4.69, 9.17) is 5.11 Å². The lowest BCUT2D eigenvalue weighted by Gasteiger charge is -1.89. The Kier molecular flexibility index (Phi) is 10.9. The van der Waals surface area contributed by atoms with E-state index in [1.807, 2.05) is 0 Å². The molecule has 0 aromatic heterocycles. The van der Waals surface area contributed by atoms with Crippen LogP contribution in [0.1, 0.15) is 45.4 Å². The number of hydrogen-bond acceptors (Lipinski definition) is 1. The Morgan fingerprint density at radius 1 is 0.846 bits per heavy atom. The topological polar surface area (TPSA) is 20.2 Å². The average molecular weight is 182 g/mol. The van der Waals surface area contributed by atoms with Crippen molar-refractivity contribution in [3.05, 3.63) is 24.3 Å². The van der Waals surface area contributed by atoms with Crippen molar-refractivity contribution < 1.29 is 5.11 Å². The van der Waals surface area contributed by atoms with Gasteiger partial charge in [-0.25, -0.2) is 0 Å². The fourth-order valence-corrected chi connectivity index (χ4v) is 1.04. The third-order valence-corrected chi connectivity index (χ3v) is 1.82. The first-order valence-corrected chi connectivity index (χ1v) is 5.32. The predicted octanol–water partition coefficient (Wildman–Crippen LogP) is 3.45. The van der Waals surface area contributed by atoms with Crippen LogP contribution in [-0.4, -0.2) is 11.7 Å². The zero-order valence-electron chi connectivity index (χ0n) is 8.71. The Hall–Kier alpha value is -0.560. The first kappa shape index (κ1) is 12.4. The third-order valence-electron chi connectivity index (χ3n) is 1.82. The summed E-state index contributed by atoms with van der Waals surface area (Å²) in [6.07, 6.45) is 15.5. The van der Waals surface area contributed by atoms with Gasteiger partial charge in [-0.2, -0.15) is 0 Å². The molecule has 0 heterocycles. The van der Waals surface area contributed by atoms with E-state index >= 15 is 0 Å². The zero-order valence-corrected chi connectivity index (χ0v) is 8.71. The molecular formula is C12H22O. The summed E-state index contributed by atoms with van der Waals surface area (Å²) in [5.74, 6) is 0. The van der Waals surface area contributed by atoms with Crippen molar-refractivity contribution in [1.29, 1.82) is 0 Å². The van der Waals surface area contributed by atoms with E-state index in [-0.39, 0.29) is 0 Å². The molecule has 0 saturated carbocycles. The Morgan fingerprint density at radius 2 is 1.38 bits per heavy atom. The molecule has 0 atom stereocenters. The summed E-state index contributed by atoms with van der Waals surface area (Å²) >= 11 is 0. The maximum atomic E-state index is 8.52. The van der Waals surface area contributed by atoms with Crippen LogP contribution in [0.4, 0.5) is 0 Å². The van der Waals surface area contributed by atoms with Gasteiger partial charge in [0.25, 0.3) is 0 Å². The molecule has 0 aromatic carbocycles. The minimum atomic E-state index is 0.306. The van der Waals surface area contributed by atoms with Crippen LogP contribution in [0.15, 0.2) is 24.3 Å². The summed E-state index contributed by atoms with van der Waals surface area (Å²) in [4.78, 5) is 0. The fourth-order valence-electron chi connectivity index (χ4n) is 1.04. The third kappa shape index (κ3) is 11.4. The second kappa shape index (κ2) is 11.4. The predicted molar refractivity (Wildman–Crippen MR) is 58.7 cm³/mol. The molecule has 76 valence electrons. The van der Waals surface area contributed by atoms with Gasteiger partial charge in [-0.1, -0.05) is 37.6 Å². The number of unbranched alkanes of at least 4 members (excludes halogenated alkanes) is 3. The van der Waals surface area contributed by atoms with Gasteiger partial charge >= 0.3 is 0 Å². The second-order valence-corrected chi connectivity index (χ2v) is 3.17. The van der Waals surface area contributed by atoms with Crippen LogP contribution in [0.2, 0.25) is 0 Å². The molecule has 0 aliphatic heterocycles. The summed E-state index contributed by atoms with van der Waals surface area (Å²) in [5, 5.41) is 8.52. The highest BCUT2D eigenvalue weighted by molar-refractivity contribution is 4.87. The van der Waals surface area contributed by atoms with Gasteiger partial charge in [0, 0.05) is 6.61 Å². The van der Waals surface area contributed by atoms with Crippen LogP contribution >= 0.6 is 0 Å². The minimum Gasteiger partial charge on any atom is -0.396 e. The lowest BCUT2D eigenvalue weighted by atomic mass is 10.2. The number of rotatable bonds is 8. The van der Waals surface area contributed by atoms with Gasteiger partial charge in [-0.3, -0.25) is 0 Å². The van der Waals surface area contributed by atoms with Gasteiger partial charge < -0.3 is 5.11 Å². The molecule has 1 heteroatoms. The molecule has 13 heavy (non-hydrogen) atoms. The van der Waals surface area contributed by atoms with Crippen LogP contribution in [-0.2, 0) is 0 Å². The second-order valence-electron chi connectivity index (χ2n) is 3.17. The molecule has 0 saturated heterocycles. The molecule has 0 amide bonds. The maximum absolute atomic E-state index is 8.52. The van der Waals surface area contributed by atoms with Gasteiger partial charge in [-0.05, 0) is 32.1 Å². The Bertz CT molecular complexity index is 136. The van der Waals surface area contributed by atoms with E-state index < -0.39 is 0 Å². The quantitative estimate of drug-likeness (QED) is 0.450. The van der Waals surface area contributed by atoms with Crippen molar-refractivity contribution in [3.63, 3.8) is 0 Å². The SMILES string of the molecule is CCC/C=C/CC/C=C\CCCO. The van der Waals surface area contributed by atoms with Gasteiger partial charge in [0.2, 0.25) is 0 Å². The van der Waals surface area contributed by atoms with Gasteiger partial charge in [0.1, 0.15) is 0 Å². The molecule has 1 N–H and O–H groups in total. The van der Waals surface area contributed by atoms with Crippen LogP contribution in [0, 0.1) is 0 Å². The van der Waals surface area contributed by atoms with Gasteiger partial charge in [0.05, 0.1) is 0 Å². The van der Waals surface area contributed by atoms with Crippen molar-refractivity contribution in [2.45, 2.75) is 45.4 Å². The first-order chi connectivity index (χ1) is 6.41. The number of aliphatic hydroxyl groups is 1. The summed E-state index contributed by atoms with van der Waals surface area (Å²) in [6.45, 7) is 2.50. The smallest absolute Gasteiger partial charge is 0.0433 e. The van der Waals surface area contributed by atoms with Crippen molar-refractivity contribution in [1.82, 2.24) is 0 Å². The van der Waals surface area contributed by atoms with E-state index in [0.717, 1.165) is 25.7 Å². The minimum absolute atomic E-state index is 0.306. The van der Waals surface area contributed by atoms with E-state index in [2.05, 4.69) is 31.2 Å². The summed E-state index contributed by atoms with van der Waals surface area (Å²) in [7, 11) is 0. The Labute approximate surface area is 82.2 Å². The zero-order chi connectivity index (χ0) is 9.78. The largest absolute Gasteiger partial charge is 0.396 e. The molecule has 0 unspecified atom stereocenters. The normalized spacial score (nSPS) is 11.8. The highest BCUT2D eigenvalue weighted by atomic mass is 16.2. The summed E-state index contributed by atoms with van der Waals surface area (Å²) in [6, 6.07) is 0. The molecule has 1 nitrogen and oxygen atoms in total. The lowest BCUT2D eigenvalue weighted by molar-refractivity contribution is 0.289.